The fourth-order valence-corrected chi connectivity index (χ4v) is 2.51. The molecule has 0 aliphatic carbocycles. The van der Waals surface area contributed by atoms with Crippen molar-refractivity contribution in [2.24, 2.45) is 0 Å². The van der Waals surface area contributed by atoms with Crippen LogP contribution in [-0.2, 0) is 0 Å². The predicted molar refractivity (Wildman–Crippen MR) is 70.0 cm³/mol. The highest BCUT2D eigenvalue weighted by Crippen LogP contribution is 2.22. The van der Waals surface area contributed by atoms with Crippen LogP contribution in [0.2, 0.25) is 0 Å². The van der Waals surface area contributed by atoms with Crippen LogP contribution in [0, 0.1) is 6.92 Å². The Kier molecular flexibility index (Phi) is 3.84. The average Bonchev–Trinajstić information content (AvgIpc) is 2.32. The van der Waals surface area contributed by atoms with E-state index in [4.69, 9.17) is 0 Å². The van der Waals surface area contributed by atoms with Gasteiger partial charge in [0.15, 0.2) is 0 Å². The maximum Gasteiger partial charge on any atom is 0.254 e. The van der Waals surface area contributed by atoms with Crippen molar-refractivity contribution in [2.75, 3.05) is 13.1 Å². The highest BCUT2D eigenvalue weighted by atomic mass is 79.9. The van der Waals surface area contributed by atoms with Gasteiger partial charge in [-0.15, -0.1) is 0 Å². The molecule has 0 bridgehead atoms. The lowest BCUT2D eigenvalue weighted by atomic mass is 10.0. The summed E-state index contributed by atoms with van der Waals surface area (Å²) in [5.41, 5.74) is 1.67. The normalized spacial score (nSPS) is 20.4. The molecule has 1 N–H and O–H groups in total. The van der Waals surface area contributed by atoms with Crippen LogP contribution in [0.25, 0.3) is 0 Å². The zero-order valence-electron chi connectivity index (χ0n) is 9.82. The number of hydrogen-bond acceptors (Lipinski definition) is 2. The molecule has 0 aromatic heterocycles. The van der Waals surface area contributed by atoms with Crippen LogP contribution in [0.3, 0.4) is 0 Å². The molecule has 4 heteroatoms. The van der Waals surface area contributed by atoms with Gasteiger partial charge in [-0.3, -0.25) is 4.79 Å². The van der Waals surface area contributed by atoms with E-state index in [1.165, 1.54) is 0 Å². The second kappa shape index (κ2) is 5.19. The number of aliphatic hydroxyl groups is 1. The van der Waals surface area contributed by atoms with Crippen molar-refractivity contribution in [2.45, 2.75) is 25.9 Å². The lowest BCUT2D eigenvalue weighted by Crippen LogP contribution is -2.42. The number of likely N-dealkylation sites (tertiary alicyclic amines) is 1. The van der Waals surface area contributed by atoms with Gasteiger partial charge in [0, 0.05) is 23.1 Å². The molecule has 0 unspecified atom stereocenters. The highest BCUT2D eigenvalue weighted by molar-refractivity contribution is 9.10. The van der Waals surface area contributed by atoms with Gasteiger partial charge in [0.25, 0.3) is 5.91 Å². The van der Waals surface area contributed by atoms with Crippen molar-refractivity contribution in [3.8, 4) is 0 Å². The van der Waals surface area contributed by atoms with E-state index in [1.54, 1.807) is 4.90 Å². The third-order valence-electron chi connectivity index (χ3n) is 3.18. The van der Waals surface area contributed by atoms with Crippen molar-refractivity contribution in [3.63, 3.8) is 0 Å². The summed E-state index contributed by atoms with van der Waals surface area (Å²) in [5, 5.41) is 9.60. The SMILES string of the molecule is Cc1c(Br)cccc1C(=O)N1CCC[C@H](O)C1. The minimum Gasteiger partial charge on any atom is -0.391 e. The van der Waals surface area contributed by atoms with Crippen LogP contribution in [0.1, 0.15) is 28.8 Å². The van der Waals surface area contributed by atoms with E-state index in [-0.39, 0.29) is 12.0 Å². The van der Waals surface area contributed by atoms with Crippen LogP contribution in [-0.4, -0.2) is 35.1 Å². The maximum absolute atomic E-state index is 12.3. The Morgan fingerprint density at radius 3 is 3.00 bits per heavy atom. The zero-order valence-corrected chi connectivity index (χ0v) is 11.4. The molecule has 1 aliphatic rings. The number of carbonyl (C=O) groups is 1. The van der Waals surface area contributed by atoms with E-state index in [1.807, 2.05) is 25.1 Å². The van der Waals surface area contributed by atoms with Crippen molar-refractivity contribution in [1.82, 2.24) is 4.90 Å². The second-order valence-electron chi connectivity index (χ2n) is 4.46. The summed E-state index contributed by atoms with van der Waals surface area (Å²) in [7, 11) is 0. The van der Waals surface area contributed by atoms with Crippen LogP contribution in [0.4, 0.5) is 0 Å². The molecule has 1 atom stereocenters. The number of benzene rings is 1. The summed E-state index contributed by atoms with van der Waals surface area (Å²) in [6, 6.07) is 5.63. The fraction of sp³-hybridized carbons (Fsp3) is 0.462. The largest absolute Gasteiger partial charge is 0.391 e. The van der Waals surface area contributed by atoms with Gasteiger partial charge in [-0.1, -0.05) is 22.0 Å². The third-order valence-corrected chi connectivity index (χ3v) is 4.04. The summed E-state index contributed by atoms with van der Waals surface area (Å²) in [6.07, 6.45) is 1.29. The fourth-order valence-electron chi connectivity index (χ4n) is 2.15. The zero-order chi connectivity index (χ0) is 12.4. The molecule has 3 nitrogen and oxygen atoms in total. The number of halogens is 1. The molecule has 1 aromatic carbocycles. The van der Waals surface area contributed by atoms with Crippen molar-refractivity contribution < 1.29 is 9.90 Å². The monoisotopic (exact) mass is 297 g/mol. The Morgan fingerprint density at radius 1 is 1.53 bits per heavy atom. The molecule has 0 saturated carbocycles. The minimum atomic E-state index is -0.375. The first-order valence-corrected chi connectivity index (χ1v) is 6.61. The van der Waals surface area contributed by atoms with Gasteiger partial charge in [0.2, 0.25) is 0 Å². The molecule has 17 heavy (non-hydrogen) atoms. The summed E-state index contributed by atoms with van der Waals surface area (Å²) in [6.45, 7) is 3.12. The Balaban J connectivity index is 2.22. The first kappa shape index (κ1) is 12.6. The van der Waals surface area contributed by atoms with Gasteiger partial charge < -0.3 is 10.0 Å². The van der Waals surface area contributed by atoms with Crippen LogP contribution < -0.4 is 0 Å². The Morgan fingerprint density at radius 2 is 2.29 bits per heavy atom. The molecular formula is C13H16BrNO2. The summed E-state index contributed by atoms with van der Waals surface area (Å²) in [5.74, 6) is 0.0163. The molecular weight excluding hydrogens is 282 g/mol. The molecule has 1 aliphatic heterocycles. The van der Waals surface area contributed by atoms with Crippen LogP contribution in [0.15, 0.2) is 22.7 Å². The van der Waals surface area contributed by atoms with Gasteiger partial charge in [0.1, 0.15) is 0 Å². The van der Waals surface area contributed by atoms with Gasteiger partial charge in [0.05, 0.1) is 6.10 Å². The first-order chi connectivity index (χ1) is 8.09. The summed E-state index contributed by atoms with van der Waals surface area (Å²) >= 11 is 3.43. The second-order valence-corrected chi connectivity index (χ2v) is 5.31. The molecule has 1 fully saturated rings. The number of carbonyl (C=O) groups excluding carboxylic acids is 1. The molecule has 0 spiro atoms. The summed E-state index contributed by atoms with van der Waals surface area (Å²) in [4.78, 5) is 14.1. The number of hydrogen-bond donors (Lipinski definition) is 1. The molecule has 1 heterocycles. The van der Waals surface area contributed by atoms with E-state index in [0.717, 1.165) is 29.4 Å². The lowest BCUT2D eigenvalue weighted by molar-refractivity contribution is 0.0473. The number of piperidine rings is 1. The Bertz CT molecular complexity index is 433. The molecule has 2 rings (SSSR count). The highest BCUT2D eigenvalue weighted by Gasteiger charge is 2.24. The molecule has 0 radical (unpaired) electrons. The van der Waals surface area contributed by atoms with E-state index < -0.39 is 0 Å². The van der Waals surface area contributed by atoms with Gasteiger partial charge >= 0.3 is 0 Å². The summed E-state index contributed by atoms with van der Waals surface area (Å²) < 4.78 is 0.945. The van der Waals surface area contributed by atoms with E-state index >= 15 is 0 Å². The van der Waals surface area contributed by atoms with Crippen molar-refractivity contribution in [1.29, 1.82) is 0 Å². The average molecular weight is 298 g/mol. The molecule has 92 valence electrons. The maximum atomic E-state index is 12.3. The number of nitrogens with zero attached hydrogens (tertiary/aromatic N) is 1. The smallest absolute Gasteiger partial charge is 0.254 e. The first-order valence-electron chi connectivity index (χ1n) is 5.82. The lowest BCUT2D eigenvalue weighted by Gasteiger charge is -2.30. The Labute approximate surface area is 110 Å². The van der Waals surface area contributed by atoms with Gasteiger partial charge in [-0.25, -0.2) is 0 Å². The van der Waals surface area contributed by atoms with Crippen molar-refractivity contribution >= 4 is 21.8 Å². The van der Waals surface area contributed by atoms with Gasteiger partial charge in [-0.05, 0) is 37.5 Å². The number of β-amino-alcohol motifs (C(OH)–C–C–N with tert-alkyl or cyclic N) is 1. The quantitative estimate of drug-likeness (QED) is 0.864. The Hall–Kier alpha value is -0.870. The van der Waals surface area contributed by atoms with Crippen LogP contribution in [0.5, 0.6) is 0 Å². The molecule has 1 amide bonds. The third kappa shape index (κ3) is 2.69. The number of amides is 1. The van der Waals surface area contributed by atoms with Crippen LogP contribution >= 0.6 is 15.9 Å². The number of rotatable bonds is 1. The standard InChI is InChI=1S/C13H16BrNO2/c1-9-11(5-2-6-12(9)14)13(17)15-7-3-4-10(16)8-15/h2,5-6,10,16H,3-4,7-8H2,1H3/t10-/m0/s1. The van der Waals surface area contributed by atoms with Gasteiger partial charge in [-0.2, -0.15) is 0 Å². The van der Waals surface area contributed by atoms with Crippen molar-refractivity contribution in [3.05, 3.63) is 33.8 Å². The molecule has 1 aromatic rings. The number of aliphatic hydroxyl groups excluding tert-OH is 1. The van der Waals surface area contributed by atoms with E-state index in [9.17, 15) is 9.90 Å². The minimum absolute atomic E-state index is 0.0163. The molecule has 1 saturated heterocycles. The van der Waals surface area contributed by atoms with E-state index in [0.29, 0.717) is 12.1 Å². The predicted octanol–water partition coefficient (Wildman–Crippen LogP) is 2.35. The van der Waals surface area contributed by atoms with E-state index in [2.05, 4.69) is 15.9 Å². The topological polar surface area (TPSA) is 40.5 Å².